The van der Waals surface area contributed by atoms with Crippen LogP contribution >= 0.6 is 0 Å². The lowest BCUT2D eigenvalue weighted by atomic mass is 9.91. The van der Waals surface area contributed by atoms with Crippen LogP contribution in [0.3, 0.4) is 0 Å². The largest absolute Gasteiger partial charge is 0.391 e. The van der Waals surface area contributed by atoms with Crippen LogP contribution in [0.5, 0.6) is 0 Å². The Hall–Kier alpha value is -0.780. The minimum absolute atomic E-state index is 0.329. The lowest BCUT2D eigenvalue weighted by Gasteiger charge is -2.35. The summed E-state index contributed by atoms with van der Waals surface area (Å²) in [5.41, 5.74) is 0. The third kappa shape index (κ3) is 4.53. The molecular weight excluding hydrogens is 235 g/mol. The zero-order chi connectivity index (χ0) is 13.1. The highest BCUT2D eigenvalue weighted by Gasteiger charge is 2.32. The number of halogens is 3. The van der Waals surface area contributed by atoms with Crippen molar-refractivity contribution in [3.63, 3.8) is 0 Å². The molecule has 0 aromatic rings. The van der Waals surface area contributed by atoms with Crippen LogP contribution in [-0.2, 0) is 4.79 Å². The number of amides is 1. The summed E-state index contributed by atoms with van der Waals surface area (Å²) in [5, 5.41) is 9.70. The molecule has 1 aliphatic rings. The molecule has 2 unspecified atom stereocenters. The Balaban J connectivity index is 2.45. The number of nitrogens with zero attached hydrogens (tertiary/aromatic N) is 1. The van der Waals surface area contributed by atoms with E-state index in [1.165, 1.54) is 11.9 Å². The van der Waals surface area contributed by atoms with Crippen LogP contribution in [0.25, 0.3) is 0 Å². The molecule has 1 fully saturated rings. The van der Waals surface area contributed by atoms with Crippen LogP contribution in [0.2, 0.25) is 0 Å². The summed E-state index contributed by atoms with van der Waals surface area (Å²) in [5.74, 6) is -0.548. The van der Waals surface area contributed by atoms with Gasteiger partial charge in [0.1, 0.15) is 0 Å². The van der Waals surface area contributed by atoms with Gasteiger partial charge in [0.25, 0.3) is 0 Å². The topological polar surface area (TPSA) is 40.5 Å². The number of likely N-dealkylation sites (N-methyl/N-ethyl adjacent to an activating group) is 1. The number of hydrogen-bond acceptors (Lipinski definition) is 2. The minimum atomic E-state index is -4.30. The highest BCUT2D eigenvalue weighted by Crippen LogP contribution is 2.25. The molecule has 6 heteroatoms. The van der Waals surface area contributed by atoms with Crippen LogP contribution in [-0.4, -0.2) is 41.3 Å². The number of rotatable bonds is 3. The van der Waals surface area contributed by atoms with Crippen LogP contribution in [0.1, 0.15) is 38.5 Å². The highest BCUT2D eigenvalue weighted by atomic mass is 19.4. The Morgan fingerprint density at radius 3 is 2.47 bits per heavy atom. The first-order chi connectivity index (χ1) is 7.81. The molecule has 17 heavy (non-hydrogen) atoms. The SMILES string of the molecule is CN(C(=O)CCC(F)(F)F)C1CCCCC1O. The maximum atomic E-state index is 12.0. The van der Waals surface area contributed by atoms with Crippen molar-refractivity contribution in [2.75, 3.05) is 7.05 Å². The molecular formula is C11H18F3NO2. The average molecular weight is 253 g/mol. The highest BCUT2D eigenvalue weighted by molar-refractivity contribution is 5.76. The van der Waals surface area contributed by atoms with Gasteiger partial charge in [-0.2, -0.15) is 13.2 Å². The van der Waals surface area contributed by atoms with Gasteiger partial charge in [0.05, 0.1) is 18.6 Å². The molecule has 1 amide bonds. The van der Waals surface area contributed by atoms with E-state index >= 15 is 0 Å². The quantitative estimate of drug-likeness (QED) is 0.836. The van der Waals surface area contributed by atoms with Crippen molar-refractivity contribution < 1.29 is 23.1 Å². The van der Waals surface area contributed by atoms with E-state index < -0.39 is 31.0 Å². The summed E-state index contributed by atoms with van der Waals surface area (Å²) in [4.78, 5) is 12.8. The van der Waals surface area contributed by atoms with E-state index in [4.69, 9.17) is 0 Å². The van der Waals surface area contributed by atoms with E-state index in [0.717, 1.165) is 12.8 Å². The predicted octanol–water partition coefficient (Wildman–Crippen LogP) is 2.09. The van der Waals surface area contributed by atoms with E-state index in [-0.39, 0.29) is 6.04 Å². The Labute approximate surface area is 98.6 Å². The second-order valence-corrected chi connectivity index (χ2v) is 4.54. The van der Waals surface area contributed by atoms with Crippen LogP contribution in [0, 0.1) is 0 Å². The van der Waals surface area contributed by atoms with Crippen LogP contribution < -0.4 is 0 Å². The fourth-order valence-electron chi connectivity index (χ4n) is 2.15. The zero-order valence-corrected chi connectivity index (χ0v) is 9.83. The number of hydrogen-bond donors (Lipinski definition) is 1. The molecule has 0 bridgehead atoms. The van der Waals surface area contributed by atoms with E-state index in [9.17, 15) is 23.1 Å². The molecule has 1 N–H and O–H groups in total. The second-order valence-electron chi connectivity index (χ2n) is 4.54. The number of aliphatic hydroxyl groups is 1. The van der Waals surface area contributed by atoms with Crippen molar-refractivity contribution in [3.05, 3.63) is 0 Å². The summed E-state index contributed by atoms with van der Waals surface area (Å²) in [6.45, 7) is 0. The molecule has 0 spiro atoms. The Bertz CT molecular complexity index is 268. The molecule has 1 saturated carbocycles. The normalized spacial score (nSPS) is 25.7. The third-order valence-corrected chi connectivity index (χ3v) is 3.21. The van der Waals surface area contributed by atoms with E-state index in [0.29, 0.717) is 12.8 Å². The molecule has 100 valence electrons. The molecule has 0 aliphatic heterocycles. The van der Waals surface area contributed by atoms with E-state index in [1.54, 1.807) is 0 Å². The lowest BCUT2D eigenvalue weighted by Crippen LogP contribution is -2.46. The van der Waals surface area contributed by atoms with E-state index in [1.807, 2.05) is 0 Å². The Morgan fingerprint density at radius 2 is 1.94 bits per heavy atom. The van der Waals surface area contributed by atoms with Gasteiger partial charge in [0.2, 0.25) is 5.91 Å². The van der Waals surface area contributed by atoms with Gasteiger partial charge in [-0.3, -0.25) is 4.79 Å². The molecule has 3 nitrogen and oxygen atoms in total. The molecule has 0 aromatic heterocycles. The number of carbonyl (C=O) groups is 1. The summed E-state index contributed by atoms with van der Waals surface area (Å²) in [6.07, 6.45) is -3.47. The molecule has 1 aliphatic carbocycles. The van der Waals surface area contributed by atoms with Gasteiger partial charge in [-0.05, 0) is 12.8 Å². The van der Waals surface area contributed by atoms with Crippen LogP contribution in [0.15, 0.2) is 0 Å². The summed E-state index contributed by atoms with van der Waals surface area (Å²) >= 11 is 0. The second kappa shape index (κ2) is 5.71. The first-order valence-corrected chi connectivity index (χ1v) is 5.82. The number of alkyl halides is 3. The third-order valence-electron chi connectivity index (χ3n) is 3.21. The van der Waals surface area contributed by atoms with Crippen molar-refractivity contribution in [1.29, 1.82) is 0 Å². The Morgan fingerprint density at radius 1 is 1.35 bits per heavy atom. The monoisotopic (exact) mass is 253 g/mol. The molecule has 0 saturated heterocycles. The van der Waals surface area contributed by atoms with Gasteiger partial charge >= 0.3 is 6.18 Å². The summed E-state index contributed by atoms with van der Waals surface area (Å²) in [7, 11) is 1.47. The molecule has 2 atom stereocenters. The Kier molecular flexibility index (Phi) is 4.80. The van der Waals surface area contributed by atoms with Crippen molar-refractivity contribution in [2.45, 2.75) is 56.8 Å². The van der Waals surface area contributed by atoms with Crippen molar-refractivity contribution >= 4 is 5.91 Å². The number of aliphatic hydroxyl groups excluding tert-OH is 1. The molecule has 0 heterocycles. The standard InChI is InChI=1S/C11H18F3NO2/c1-15(8-4-2-3-5-9(8)16)10(17)6-7-11(12,13)14/h8-9,16H,2-7H2,1H3. The smallest absolute Gasteiger partial charge is 0.389 e. The lowest BCUT2D eigenvalue weighted by molar-refractivity contribution is -0.151. The molecule has 0 aromatic carbocycles. The summed E-state index contributed by atoms with van der Waals surface area (Å²) in [6, 6.07) is -0.329. The van der Waals surface area contributed by atoms with Gasteiger partial charge < -0.3 is 10.0 Å². The summed E-state index contributed by atoms with van der Waals surface area (Å²) < 4.78 is 35.9. The van der Waals surface area contributed by atoms with Crippen molar-refractivity contribution in [3.8, 4) is 0 Å². The molecule has 1 rings (SSSR count). The predicted molar refractivity (Wildman–Crippen MR) is 56.3 cm³/mol. The van der Waals surface area contributed by atoms with Gasteiger partial charge in [-0.25, -0.2) is 0 Å². The number of carbonyl (C=O) groups excluding carboxylic acids is 1. The van der Waals surface area contributed by atoms with Gasteiger partial charge in [-0.15, -0.1) is 0 Å². The first kappa shape index (κ1) is 14.3. The van der Waals surface area contributed by atoms with Crippen molar-refractivity contribution in [2.24, 2.45) is 0 Å². The van der Waals surface area contributed by atoms with Gasteiger partial charge in [0, 0.05) is 13.5 Å². The fraction of sp³-hybridized carbons (Fsp3) is 0.909. The maximum absolute atomic E-state index is 12.0. The van der Waals surface area contributed by atoms with Gasteiger partial charge in [0.15, 0.2) is 0 Å². The van der Waals surface area contributed by atoms with Gasteiger partial charge in [-0.1, -0.05) is 12.8 Å². The van der Waals surface area contributed by atoms with E-state index in [2.05, 4.69) is 0 Å². The fourth-order valence-corrected chi connectivity index (χ4v) is 2.15. The van der Waals surface area contributed by atoms with Crippen LogP contribution in [0.4, 0.5) is 13.2 Å². The zero-order valence-electron chi connectivity index (χ0n) is 9.83. The minimum Gasteiger partial charge on any atom is -0.391 e. The first-order valence-electron chi connectivity index (χ1n) is 5.82. The van der Waals surface area contributed by atoms with Crippen molar-refractivity contribution in [1.82, 2.24) is 4.90 Å². The molecule has 0 radical (unpaired) electrons. The maximum Gasteiger partial charge on any atom is 0.389 e. The average Bonchev–Trinajstić information content (AvgIpc) is 2.24.